The number of carbonyl (C=O) groups excluding carboxylic acids is 1. The summed E-state index contributed by atoms with van der Waals surface area (Å²) in [5.41, 5.74) is 2.62. The molecule has 3 aromatic rings. The lowest BCUT2D eigenvalue weighted by molar-refractivity contribution is -0.117. The highest BCUT2D eigenvalue weighted by Crippen LogP contribution is 2.47. The van der Waals surface area contributed by atoms with Crippen molar-refractivity contribution >= 4 is 11.7 Å². The fourth-order valence-corrected chi connectivity index (χ4v) is 4.36. The number of hydrogen-bond donors (Lipinski definition) is 2. The Bertz CT molecular complexity index is 1280. The van der Waals surface area contributed by atoms with E-state index in [0.29, 0.717) is 17.9 Å². The second-order valence-electron chi connectivity index (χ2n) is 8.81. The van der Waals surface area contributed by atoms with Crippen LogP contribution in [0.1, 0.15) is 29.9 Å². The predicted molar refractivity (Wildman–Crippen MR) is 125 cm³/mol. The van der Waals surface area contributed by atoms with Gasteiger partial charge in [-0.15, -0.1) is 0 Å². The van der Waals surface area contributed by atoms with Crippen molar-refractivity contribution in [1.29, 1.82) is 5.26 Å². The summed E-state index contributed by atoms with van der Waals surface area (Å²) in [6.45, 7) is -0.0252. The summed E-state index contributed by atoms with van der Waals surface area (Å²) in [6, 6.07) is 14.2. The van der Waals surface area contributed by atoms with Crippen LogP contribution in [0.5, 0.6) is 5.75 Å². The number of pyridine rings is 2. The highest BCUT2D eigenvalue weighted by molar-refractivity contribution is 5.95. The van der Waals surface area contributed by atoms with E-state index in [9.17, 15) is 18.8 Å². The van der Waals surface area contributed by atoms with Crippen LogP contribution >= 0.6 is 0 Å². The van der Waals surface area contributed by atoms with Crippen molar-refractivity contribution in [2.45, 2.75) is 30.8 Å². The van der Waals surface area contributed by atoms with Gasteiger partial charge in [0.1, 0.15) is 17.6 Å². The quantitative estimate of drug-likeness (QED) is 0.556. The van der Waals surface area contributed by atoms with Crippen LogP contribution in [0.25, 0.3) is 11.1 Å². The maximum Gasteiger partial charge on any atom is 0.296 e. The second-order valence-corrected chi connectivity index (χ2v) is 8.81. The summed E-state index contributed by atoms with van der Waals surface area (Å²) >= 11 is 0. The number of rotatable bonds is 6. The van der Waals surface area contributed by atoms with Crippen molar-refractivity contribution in [2.75, 3.05) is 18.4 Å². The normalized spacial score (nSPS) is 22.6. The van der Waals surface area contributed by atoms with Gasteiger partial charge in [-0.2, -0.15) is 5.26 Å². The Morgan fingerprint density at radius 2 is 2.06 bits per heavy atom. The number of aromatic nitrogens is 2. The number of benzene rings is 1. The monoisotopic (exact) mass is 475 g/mol. The van der Waals surface area contributed by atoms with Crippen molar-refractivity contribution in [3.8, 4) is 22.9 Å². The number of hydrogen-bond acceptors (Lipinski definition) is 6. The molecule has 2 aromatic heterocycles. The number of alkyl halides is 2. The van der Waals surface area contributed by atoms with Crippen molar-refractivity contribution in [3.05, 3.63) is 72.2 Å². The third kappa shape index (κ3) is 4.98. The summed E-state index contributed by atoms with van der Waals surface area (Å²) in [7, 11) is 0. The summed E-state index contributed by atoms with van der Waals surface area (Å²) < 4.78 is 33.9. The molecule has 0 bridgehead atoms. The highest BCUT2D eigenvalue weighted by atomic mass is 19.3. The standard InChI is InChI=1S/C26H23F2N5O2/c27-26(28)15-31-8-6-23(26)35-22-4-3-16(10-19(22)13-29)17-5-9-32-24(11-17)33-25(34)21-12-20(21)18-2-1-7-30-14-18/h1-5,7,9-11,14,20-21,23,31H,6,8,12,15H2,(H,32,33,34)/t20-,21+,23-/m0/s1. The minimum atomic E-state index is -3.01. The lowest BCUT2D eigenvalue weighted by Crippen LogP contribution is -2.52. The van der Waals surface area contributed by atoms with Gasteiger partial charge in [-0.1, -0.05) is 12.1 Å². The van der Waals surface area contributed by atoms with Gasteiger partial charge < -0.3 is 15.4 Å². The second kappa shape index (κ2) is 9.39. The molecule has 178 valence electrons. The Morgan fingerprint density at radius 1 is 1.20 bits per heavy atom. The molecule has 2 fully saturated rings. The topological polar surface area (TPSA) is 99.9 Å². The molecule has 1 saturated heterocycles. The number of nitriles is 1. The molecule has 0 radical (unpaired) electrons. The Balaban J connectivity index is 1.29. The van der Waals surface area contributed by atoms with Gasteiger partial charge in [-0.25, -0.2) is 13.8 Å². The lowest BCUT2D eigenvalue weighted by atomic mass is 10.0. The molecular weight excluding hydrogens is 452 g/mol. The number of amides is 1. The van der Waals surface area contributed by atoms with Crippen LogP contribution in [0.2, 0.25) is 0 Å². The van der Waals surface area contributed by atoms with Gasteiger partial charge in [0, 0.05) is 30.9 Å². The number of nitrogens with zero attached hydrogens (tertiary/aromatic N) is 3. The van der Waals surface area contributed by atoms with Gasteiger partial charge >= 0.3 is 0 Å². The van der Waals surface area contributed by atoms with Crippen molar-refractivity contribution in [2.24, 2.45) is 5.92 Å². The zero-order valence-electron chi connectivity index (χ0n) is 18.7. The van der Waals surface area contributed by atoms with Crippen LogP contribution < -0.4 is 15.4 Å². The van der Waals surface area contributed by atoms with Crippen molar-refractivity contribution < 1.29 is 18.3 Å². The Kier molecular flexibility index (Phi) is 6.14. The maximum absolute atomic E-state index is 14.1. The van der Waals surface area contributed by atoms with E-state index in [-0.39, 0.29) is 35.5 Å². The van der Waals surface area contributed by atoms with Gasteiger partial charge in [-0.05, 0) is 65.9 Å². The van der Waals surface area contributed by atoms with Gasteiger partial charge in [0.2, 0.25) is 5.91 Å². The third-order valence-electron chi connectivity index (χ3n) is 6.37. The molecule has 35 heavy (non-hydrogen) atoms. The molecule has 7 nitrogen and oxygen atoms in total. The molecule has 5 rings (SSSR count). The molecule has 3 heterocycles. The molecule has 3 atom stereocenters. The molecule has 1 amide bonds. The molecule has 0 unspecified atom stereocenters. The van der Waals surface area contributed by atoms with Gasteiger partial charge in [0.15, 0.2) is 6.10 Å². The molecule has 1 aliphatic heterocycles. The largest absolute Gasteiger partial charge is 0.483 e. The number of anilines is 1. The van der Waals surface area contributed by atoms with E-state index in [4.69, 9.17) is 4.74 Å². The van der Waals surface area contributed by atoms with E-state index in [1.165, 1.54) is 6.07 Å². The predicted octanol–water partition coefficient (Wildman–Crippen LogP) is 4.13. The molecule has 9 heteroatoms. The molecular formula is C26H23F2N5O2. The smallest absolute Gasteiger partial charge is 0.296 e. The first-order valence-electron chi connectivity index (χ1n) is 11.4. The van der Waals surface area contributed by atoms with E-state index in [2.05, 4.69) is 20.6 Å². The first-order valence-corrected chi connectivity index (χ1v) is 11.4. The SMILES string of the molecule is N#Cc1cc(-c2ccnc(NC(=O)[C@@H]3C[C@H]3c3cccnc3)c2)ccc1O[C@H]1CCNCC1(F)F. The van der Waals surface area contributed by atoms with Gasteiger partial charge in [0.05, 0.1) is 12.1 Å². The lowest BCUT2D eigenvalue weighted by Gasteiger charge is -2.32. The molecule has 2 N–H and O–H groups in total. The van der Waals surface area contributed by atoms with Crippen LogP contribution in [-0.2, 0) is 4.79 Å². The Hall–Kier alpha value is -3.90. The van der Waals surface area contributed by atoms with Crippen LogP contribution in [-0.4, -0.2) is 41.0 Å². The first-order chi connectivity index (χ1) is 16.9. The zero-order valence-corrected chi connectivity index (χ0v) is 18.7. The average Bonchev–Trinajstić information content (AvgIpc) is 3.67. The summed E-state index contributed by atoms with van der Waals surface area (Å²) in [5, 5.41) is 15.1. The number of carbonyl (C=O) groups is 1. The minimum Gasteiger partial charge on any atom is -0.483 e. The molecule has 1 aromatic carbocycles. The van der Waals surface area contributed by atoms with Crippen LogP contribution in [0, 0.1) is 17.2 Å². The van der Waals surface area contributed by atoms with Crippen molar-refractivity contribution in [1.82, 2.24) is 15.3 Å². The third-order valence-corrected chi connectivity index (χ3v) is 6.37. The zero-order chi connectivity index (χ0) is 24.4. The van der Waals surface area contributed by atoms with E-state index in [1.807, 2.05) is 18.2 Å². The molecule has 2 aliphatic rings. The molecule has 0 spiro atoms. The van der Waals surface area contributed by atoms with E-state index in [1.54, 1.807) is 42.9 Å². The Morgan fingerprint density at radius 3 is 2.83 bits per heavy atom. The fraction of sp³-hybridized carbons (Fsp3) is 0.308. The Labute approximate surface area is 201 Å². The van der Waals surface area contributed by atoms with E-state index < -0.39 is 18.6 Å². The maximum atomic E-state index is 14.1. The number of piperidine rings is 1. The van der Waals surface area contributed by atoms with Crippen LogP contribution in [0.3, 0.4) is 0 Å². The molecule has 1 saturated carbocycles. The van der Waals surface area contributed by atoms with E-state index in [0.717, 1.165) is 17.5 Å². The minimum absolute atomic E-state index is 0.104. The van der Waals surface area contributed by atoms with Crippen molar-refractivity contribution in [3.63, 3.8) is 0 Å². The summed E-state index contributed by atoms with van der Waals surface area (Å²) in [4.78, 5) is 21.1. The number of ether oxygens (including phenoxy) is 1. The summed E-state index contributed by atoms with van der Waals surface area (Å²) in [6.07, 6.45) is 4.68. The van der Waals surface area contributed by atoms with Gasteiger partial charge in [-0.3, -0.25) is 9.78 Å². The highest BCUT2D eigenvalue weighted by Gasteiger charge is 2.44. The molecule has 1 aliphatic carbocycles. The van der Waals surface area contributed by atoms with Crippen LogP contribution in [0.4, 0.5) is 14.6 Å². The number of nitrogens with one attached hydrogen (secondary N) is 2. The van der Waals surface area contributed by atoms with Gasteiger partial charge in [0.25, 0.3) is 5.92 Å². The van der Waals surface area contributed by atoms with E-state index >= 15 is 0 Å². The number of halogens is 2. The van der Waals surface area contributed by atoms with Crippen LogP contribution in [0.15, 0.2) is 61.1 Å². The first kappa shape index (κ1) is 22.9. The fourth-order valence-electron chi connectivity index (χ4n) is 4.36. The summed E-state index contributed by atoms with van der Waals surface area (Å²) in [5.74, 6) is -2.56. The average molecular weight is 475 g/mol.